The number of ether oxygens (including phenoxy) is 3. The van der Waals surface area contributed by atoms with Crippen LogP contribution in [0.4, 0.5) is 5.69 Å². The van der Waals surface area contributed by atoms with Gasteiger partial charge in [-0.25, -0.2) is 13.2 Å². The lowest BCUT2D eigenvalue weighted by Crippen LogP contribution is -2.28. The molecule has 0 unspecified atom stereocenters. The van der Waals surface area contributed by atoms with Crippen molar-refractivity contribution in [1.29, 1.82) is 0 Å². The van der Waals surface area contributed by atoms with Crippen molar-refractivity contribution in [2.75, 3.05) is 31.7 Å². The second kappa shape index (κ2) is 9.99. The van der Waals surface area contributed by atoms with Gasteiger partial charge in [-0.1, -0.05) is 30.3 Å². The van der Waals surface area contributed by atoms with E-state index in [2.05, 4.69) is 0 Å². The lowest BCUT2D eigenvalue weighted by atomic mass is 10.2. The number of nitrogens with zero attached hydrogens (tertiary/aromatic N) is 1. The van der Waals surface area contributed by atoms with E-state index in [1.165, 1.54) is 19.2 Å². The summed E-state index contributed by atoms with van der Waals surface area (Å²) in [4.78, 5) is 12.5. The summed E-state index contributed by atoms with van der Waals surface area (Å²) in [6.45, 7) is 0.0880. The molecule has 0 saturated heterocycles. The third kappa shape index (κ3) is 5.35. The molecule has 0 bridgehead atoms. The van der Waals surface area contributed by atoms with Crippen LogP contribution < -0.4 is 13.8 Å². The van der Waals surface area contributed by atoms with Crippen molar-refractivity contribution in [3.05, 3.63) is 84.4 Å². The highest BCUT2D eigenvalue weighted by Crippen LogP contribution is 2.25. The van der Waals surface area contributed by atoms with Crippen molar-refractivity contribution in [3.8, 4) is 11.5 Å². The summed E-state index contributed by atoms with van der Waals surface area (Å²) in [7, 11) is -0.944. The summed E-state index contributed by atoms with van der Waals surface area (Å²) in [5.74, 6) is 0.570. The Bertz CT molecular complexity index is 1110. The zero-order chi connectivity index (χ0) is 22.3. The first-order chi connectivity index (χ1) is 14.9. The Morgan fingerprint density at radius 2 is 1.45 bits per heavy atom. The predicted molar refractivity (Wildman–Crippen MR) is 117 cm³/mol. The molecule has 3 aromatic carbocycles. The fourth-order valence-electron chi connectivity index (χ4n) is 2.83. The SMILES string of the molecule is COc1ccc(OCCOC(=O)c2ccccc2S(=O)(=O)N(C)c2ccccc2)cc1. The number of carbonyl (C=O) groups is 1. The standard InChI is InChI=1S/C23H23NO6S/c1-24(18-8-4-3-5-9-18)31(26,27)22-11-7-6-10-21(22)23(25)30-17-16-29-20-14-12-19(28-2)13-15-20/h3-15H,16-17H2,1-2H3. The van der Waals surface area contributed by atoms with E-state index in [-0.39, 0.29) is 23.7 Å². The van der Waals surface area contributed by atoms with Crippen LogP contribution in [-0.4, -0.2) is 41.8 Å². The van der Waals surface area contributed by atoms with Crippen LogP contribution in [0.1, 0.15) is 10.4 Å². The molecule has 0 aliphatic rings. The van der Waals surface area contributed by atoms with Gasteiger partial charge in [-0.2, -0.15) is 0 Å². The molecule has 7 nitrogen and oxygen atoms in total. The van der Waals surface area contributed by atoms with Gasteiger partial charge in [0.1, 0.15) is 29.6 Å². The molecule has 0 radical (unpaired) electrons. The Morgan fingerprint density at radius 3 is 2.13 bits per heavy atom. The molecule has 0 amide bonds. The number of rotatable bonds is 9. The van der Waals surface area contributed by atoms with Crippen LogP contribution in [-0.2, 0) is 14.8 Å². The summed E-state index contributed by atoms with van der Waals surface area (Å²) in [5.41, 5.74) is 0.452. The number of para-hydroxylation sites is 1. The molecule has 3 rings (SSSR count). The second-order valence-electron chi connectivity index (χ2n) is 6.46. The predicted octanol–water partition coefficient (Wildman–Crippen LogP) is 3.76. The number of hydrogen-bond acceptors (Lipinski definition) is 6. The number of esters is 1. The molecule has 31 heavy (non-hydrogen) atoms. The van der Waals surface area contributed by atoms with Crippen molar-refractivity contribution in [3.63, 3.8) is 0 Å². The van der Waals surface area contributed by atoms with E-state index >= 15 is 0 Å². The Morgan fingerprint density at radius 1 is 0.839 bits per heavy atom. The molecule has 0 N–H and O–H groups in total. The van der Waals surface area contributed by atoms with E-state index in [1.54, 1.807) is 73.8 Å². The van der Waals surface area contributed by atoms with Gasteiger partial charge in [-0.05, 0) is 48.5 Å². The van der Waals surface area contributed by atoms with Crippen molar-refractivity contribution < 1.29 is 27.4 Å². The van der Waals surface area contributed by atoms with Crippen LogP contribution in [0, 0.1) is 0 Å². The fraction of sp³-hybridized carbons (Fsp3) is 0.174. The van der Waals surface area contributed by atoms with Crippen molar-refractivity contribution in [2.45, 2.75) is 4.90 Å². The average molecular weight is 442 g/mol. The number of sulfonamides is 1. The lowest BCUT2D eigenvalue weighted by molar-refractivity contribution is 0.0446. The number of carbonyl (C=O) groups excluding carboxylic acids is 1. The minimum atomic E-state index is -3.96. The summed E-state index contributed by atoms with van der Waals surface area (Å²) < 4.78 is 43.2. The second-order valence-corrected chi connectivity index (χ2v) is 8.40. The molecular formula is C23H23NO6S. The van der Waals surface area contributed by atoms with Gasteiger partial charge in [-0.3, -0.25) is 4.31 Å². The summed E-state index contributed by atoms with van der Waals surface area (Å²) in [6.07, 6.45) is 0. The van der Waals surface area contributed by atoms with Crippen LogP contribution in [0.25, 0.3) is 0 Å². The van der Waals surface area contributed by atoms with Gasteiger partial charge in [0.25, 0.3) is 10.0 Å². The minimum absolute atomic E-state index is 0.0327. The lowest BCUT2D eigenvalue weighted by Gasteiger charge is -2.20. The fourth-order valence-corrected chi connectivity index (χ4v) is 4.20. The molecule has 0 atom stereocenters. The molecule has 162 valence electrons. The first-order valence-electron chi connectivity index (χ1n) is 9.50. The van der Waals surface area contributed by atoms with Gasteiger partial charge in [0.05, 0.1) is 18.4 Å². The van der Waals surface area contributed by atoms with E-state index in [9.17, 15) is 13.2 Å². The van der Waals surface area contributed by atoms with Gasteiger partial charge >= 0.3 is 5.97 Å². The zero-order valence-electron chi connectivity index (χ0n) is 17.2. The summed E-state index contributed by atoms with van der Waals surface area (Å²) in [5, 5.41) is 0. The molecule has 0 saturated carbocycles. The molecule has 8 heteroatoms. The Hall–Kier alpha value is -3.52. The van der Waals surface area contributed by atoms with E-state index in [0.29, 0.717) is 17.2 Å². The third-order valence-electron chi connectivity index (χ3n) is 4.51. The molecule has 3 aromatic rings. The van der Waals surface area contributed by atoms with E-state index in [1.807, 2.05) is 0 Å². The Balaban J connectivity index is 1.67. The van der Waals surface area contributed by atoms with Gasteiger partial charge in [0, 0.05) is 7.05 Å². The molecular weight excluding hydrogens is 418 g/mol. The normalized spacial score (nSPS) is 10.9. The largest absolute Gasteiger partial charge is 0.497 e. The monoisotopic (exact) mass is 441 g/mol. The van der Waals surface area contributed by atoms with Gasteiger partial charge in [0.15, 0.2) is 0 Å². The maximum absolute atomic E-state index is 13.1. The number of methoxy groups -OCH3 is 1. The van der Waals surface area contributed by atoms with Crippen LogP contribution in [0.15, 0.2) is 83.8 Å². The van der Waals surface area contributed by atoms with E-state index in [4.69, 9.17) is 14.2 Å². The van der Waals surface area contributed by atoms with Crippen LogP contribution in [0.5, 0.6) is 11.5 Å². The quantitative estimate of drug-likeness (QED) is 0.372. The summed E-state index contributed by atoms with van der Waals surface area (Å²) >= 11 is 0. The smallest absolute Gasteiger partial charge is 0.339 e. The maximum atomic E-state index is 13.1. The highest BCUT2D eigenvalue weighted by molar-refractivity contribution is 7.92. The molecule has 0 fully saturated rings. The zero-order valence-corrected chi connectivity index (χ0v) is 18.0. The maximum Gasteiger partial charge on any atom is 0.339 e. The van der Waals surface area contributed by atoms with Gasteiger partial charge in [0.2, 0.25) is 0 Å². The topological polar surface area (TPSA) is 82.1 Å². The van der Waals surface area contributed by atoms with Crippen LogP contribution >= 0.6 is 0 Å². The van der Waals surface area contributed by atoms with E-state index < -0.39 is 16.0 Å². The number of benzene rings is 3. The highest BCUT2D eigenvalue weighted by atomic mass is 32.2. The number of anilines is 1. The van der Waals surface area contributed by atoms with Crippen molar-refractivity contribution in [1.82, 2.24) is 0 Å². The molecule has 0 spiro atoms. The van der Waals surface area contributed by atoms with Crippen LogP contribution in [0.2, 0.25) is 0 Å². The first kappa shape index (κ1) is 22.2. The third-order valence-corrected chi connectivity index (χ3v) is 6.35. The average Bonchev–Trinajstić information content (AvgIpc) is 2.82. The molecule has 0 aromatic heterocycles. The van der Waals surface area contributed by atoms with Gasteiger partial charge < -0.3 is 14.2 Å². The first-order valence-corrected chi connectivity index (χ1v) is 10.9. The van der Waals surface area contributed by atoms with Crippen molar-refractivity contribution >= 4 is 21.7 Å². The number of hydrogen-bond donors (Lipinski definition) is 0. The van der Waals surface area contributed by atoms with Gasteiger partial charge in [-0.15, -0.1) is 0 Å². The Kier molecular flexibility index (Phi) is 7.15. The van der Waals surface area contributed by atoms with Crippen LogP contribution in [0.3, 0.4) is 0 Å². The molecule has 0 aliphatic heterocycles. The highest BCUT2D eigenvalue weighted by Gasteiger charge is 2.27. The molecule has 0 heterocycles. The Labute approximate surface area is 181 Å². The molecule has 0 aliphatic carbocycles. The summed E-state index contributed by atoms with van der Waals surface area (Å²) in [6, 6.07) is 21.6. The van der Waals surface area contributed by atoms with E-state index in [0.717, 1.165) is 4.31 Å². The van der Waals surface area contributed by atoms with Crippen molar-refractivity contribution in [2.24, 2.45) is 0 Å². The minimum Gasteiger partial charge on any atom is -0.497 e.